The van der Waals surface area contributed by atoms with Crippen LogP contribution in [0, 0.1) is 0 Å². The minimum absolute atomic E-state index is 0.791. The fraction of sp³-hybridized carbons (Fsp3) is 0.545. The molecule has 3 heterocycles. The van der Waals surface area contributed by atoms with E-state index in [0.717, 1.165) is 49.1 Å². The van der Waals surface area contributed by atoms with Crippen LogP contribution in [0.3, 0.4) is 0 Å². The number of halogens is 2. The Morgan fingerprint density at radius 2 is 2.17 bits per heavy atom. The lowest BCUT2D eigenvalue weighted by Gasteiger charge is -2.32. The summed E-state index contributed by atoms with van der Waals surface area (Å²) in [4.78, 5) is 9.22. The van der Waals surface area contributed by atoms with Gasteiger partial charge in [-0.15, -0.1) is 0 Å². The summed E-state index contributed by atoms with van der Waals surface area (Å²) in [5.41, 5.74) is 2.23. The SMILES string of the molecule is CC1=C(Br)[N+]2CN(I)C=C(N3CCOCC3)C2=N1. The molecule has 0 spiro atoms. The lowest BCUT2D eigenvalue weighted by molar-refractivity contribution is 0.0553. The van der Waals surface area contributed by atoms with E-state index in [-0.39, 0.29) is 0 Å². The maximum Gasteiger partial charge on any atom is 0.310 e. The third-order valence-corrected chi connectivity index (χ3v) is 4.77. The third-order valence-electron chi connectivity index (χ3n) is 3.18. The maximum absolute atomic E-state index is 5.41. The van der Waals surface area contributed by atoms with Gasteiger partial charge in [-0.05, 0) is 11.8 Å². The molecule has 18 heavy (non-hydrogen) atoms. The summed E-state index contributed by atoms with van der Waals surface area (Å²) in [5, 5.41) is 0. The molecule has 5 nitrogen and oxygen atoms in total. The van der Waals surface area contributed by atoms with Crippen molar-refractivity contribution in [2.75, 3.05) is 33.0 Å². The number of morpholine rings is 1. The maximum atomic E-state index is 5.41. The van der Waals surface area contributed by atoms with Crippen molar-refractivity contribution in [1.29, 1.82) is 0 Å². The van der Waals surface area contributed by atoms with Crippen molar-refractivity contribution >= 4 is 44.6 Å². The van der Waals surface area contributed by atoms with Crippen LogP contribution in [-0.4, -0.2) is 46.8 Å². The molecule has 97 valence electrons. The van der Waals surface area contributed by atoms with Gasteiger partial charge in [-0.2, -0.15) is 4.99 Å². The second-order valence-corrected chi connectivity index (χ2v) is 6.38. The van der Waals surface area contributed by atoms with Gasteiger partial charge >= 0.3 is 5.84 Å². The molecule has 0 saturated carbocycles. The number of amidine groups is 1. The smallest absolute Gasteiger partial charge is 0.310 e. The van der Waals surface area contributed by atoms with E-state index in [4.69, 9.17) is 4.74 Å². The quantitative estimate of drug-likeness (QED) is 0.279. The summed E-state index contributed by atoms with van der Waals surface area (Å²) in [6, 6.07) is 0. The molecule has 0 unspecified atom stereocenters. The molecule has 1 fully saturated rings. The molecule has 3 aliphatic rings. The third kappa shape index (κ3) is 2.21. The van der Waals surface area contributed by atoms with Crippen LogP contribution in [0.15, 0.2) is 27.2 Å². The van der Waals surface area contributed by atoms with Gasteiger partial charge in [0, 0.05) is 35.2 Å². The van der Waals surface area contributed by atoms with Crippen molar-refractivity contribution in [3.05, 3.63) is 22.2 Å². The largest absolute Gasteiger partial charge is 0.378 e. The van der Waals surface area contributed by atoms with E-state index in [1.165, 1.54) is 5.70 Å². The fourth-order valence-corrected chi connectivity index (χ4v) is 3.21. The molecule has 1 radical (unpaired) electrons. The first-order valence-electron chi connectivity index (χ1n) is 5.87. The predicted octanol–water partition coefficient (Wildman–Crippen LogP) is 1.92. The Bertz CT molecular complexity index is 456. The second kappa shape index (κ2) is 5.10. The van der Waals surface area contributed by atoms with E-state index in [1.807, 2.05) is 6.92 Å². The van der Waals surface area contributed by atoms with Crippen LogP contribution in [-0.2, 0) is 4.74 Å². The molecular formula is C11H14BrIN4O+. The van der Waals surface area contributed by atoms with E-state index in [1.54, 1.807) is 0 Å². The lowest BCUT2D eigenvalue weighted by Crippen LogP contribution is -2.49. The Morgan fingerprint density at radius 3 is 2.89 bits per heavy atom. The first-order chi connectivity index (χ1) is 8.66. The number of hydrogen-bond acceptors (Lipinski definition) is 5. The highest BCUT2D eigenvalue weighted by Crippen LogP contribution is 2.31. The summed E-state index contributed by atoms with van der Waals surface area (Å²) in [6.07, 6.45) is 2.17. The molecule has 0 aromatic heterocycles. The van der Waals surface area contributed by atoms with Crippen molar-refractivity contribution in [2.24, 2.45) is 4.99 Å². The number of ether oxygens (including phenoxy) is 1. The Labute approximate surface area is 129 Å². The molecule has 0 aromatic rings. The topological polar surface area (TPSA) is 34.0 Å². The van der Waals surface area contributed by atoms with Gasteiger partial charge in [0.05, 0.1) is 36.1 Å². The Balaban J connectivity index is 1.91. The number of aliphatic imine (C=N–C) groups is 1. The lowest BCUT2D eigenvalue weighted by atomic mass is 10.3. The van der Waals surface area contributed by atoms with Crippen molar-refractivity contribution in [3.63, 3.8) is 0 Å². The van der Waals surface area contributed by atoms with Gasteiger partial charge in [0.25, 0.3) is 4.61 Å². The van der Waals surface area contributed by atoms with Gasteiger partial charge in [0.1, 0.15) is 11.4 Å². The van der Waals surface area contributed by atoms with E-state index in [2.05, 4.69) is 62.9 Å². The number of fused-ring (bicyclic) bond motifs is 1. The molecule has 1 saturated heterocycles. The average molecular weight is 425 g/mol. The van der Waals surface area contributed by atoms with Gasteiger partial charge in [-0.3, -0.25) is 3.11 Å². The van der Waals surface area contributed by atoms with Crippen LogP contribution in [0.2, 0.25) is 0 Å². The molecule has 0 aromatic carbocycles. The Kier molecular flexibility index (Phi) is 3.65. The Morgan fingerprint density at radius 1 is 1.44 bits per heavy atom. The van der Waals surface area contributed by atoms with Crippen LogP contribution in [0.25, 0.3) is 0 Å². The van der Waals surface area contributed by atoms with E-state index in [0.29, 0.717) is 0 Å². The summed E-state index contributed by atoms with van der Waals surface area (Å²) in [6.45, 7) is 6.30. The van der Waals surface area contributed by atoms with Crippen molar-refractivity contribution in [1.82, 2.24) is 12.9 Å². The summed E-state index contributed by atoms with van der Waals surface area (Å²) in [7, 11) is 0. The van der Waals surface area contributed by atoms with E-state index >= 15 is 0 Å². The molecular weight excluding hydrogens is 411 g/mol. The number of hydrogen-bond donors (Lipinski definition) is 0. The van der Waals surface area contributed by atoms with Gasteiger partial charge in [-0.25, -0.2) is 0 Å². The van der Waals surface area contributed by atoms with E-state index in [9.17, 15) is 0 Å². The minimum atomic E-state index is 0.791. The zero-order valence-electron chi connectivity index (χ0n) is 10.1. The number of allylic oxidation sites excluding steroid dienone is 1. The normalized spacial score (nSPS) is 25.3. The molecule has 0 amide bonds. The highest BCUT2D eigenvalue weighted by molar-refractivity contribution is 14.1. The van der Waals surface area contributed by atoms with Gasteiger partial charge in [-0.1, -0.05) is 0 Å². The molecule has 0 bridgehead atoms. The second-order valence-electron chi connectivity index (χ2n) is 4.39. The van der Waals surface area contributed by atoms with Crippen molar-refractivity contribution in [2.45, 2.75) is 6.92 Å². The van der Waals surface area contributed by atoms with Crippen molar-refractivity contribution in [3.8, 4) is 0 Å². The van der Waals surface area contributed by atoms with E-state index < -0.39 is 0 Å². The zero-order valence-corrected chi connectivity index (χ0v) is 13.8. The van der Waals surface area contributed by atoms with Crippen molar-refractivity contribution < 1.29 is 4.74 Å². The van der Waals surface area contributed by atoms with Gasteiger partial charge < -0.3 is 9.64 Å². The van der Waals surface area contributed by atoms with Crippen LogP contribution >= 0.6 is 38.8 Å². The summed E-state index contributed by atoms with van der Waals surface area (Å²) >= 11 is 5.94. The molecule has 0 N–H and O–H groups in total. The average Bonchev–Trinajstić information content (AvgIpc) is 2.66. The number of rotatable bonds is 1. The van der Waals surface area contributed by atoms with Crippen LogP contribution < -0.4 is 4.90 Å². The van der Waals surface area contributed by atoms with Crippen LogP contribution in [0.1, 0.15) is 6.92 Å². The molecule has 0 aliphatic carbocycles. The number of nitrogens with zero attached hydrogens (tertiary/aromatic N) is 4. The highest BCUT2D eigenvalue weighted by Gasteiger charge is 2.43. The first-order valence-corrected chi connectivity index (χ1v) is 7.62. The summed E-state index contributed by atoms with van der Waals surface area (Å²) in [5.74, 6) is 1.05. The molecule has 3 aliphatic heterocycles. The first kappa shape index (κ1) is 12.9. The predicted molar refractivity (Wildman–Crippen MR) is 82.4 cm³/mol. The van der Waals surface area contributed by atoms with Crippen LogP contribution in [0.5, 0.6) is 0 Å². The highest BCUT2D eigenvalue weighted by atomic mass is 127. The molecule has 0 atom stereocenters. The van der Waals surface area contributed by atoms with Gasteiger partial charge in [0.15, 0.2) is 0 Å². The summed E-state index contributed by atoms with van der Waals surface area (Å²) < 4.78 is 8.64. The standard InChI is InChI=1S/C11H14BrIN4O/c1-8-10(12)17-7-16(13)6-9(11(17)14-8)15-2-4-18-5-3-15/h6H,2-5,7H2,1H3/q+1. The van der Waals surface area contributed by atoms with Gasteiger partial charge in [0.2, 0.25) is 6.67 Å². The molecule has 7 heteroatoms. The molecule has 3 rings (SSSR count). The Hall–Kier alpha value is -0.120. The fourth-order valence-electron chi connectivity index (χ4n) is 2.27. The minimum Gasteiger partial charge on any atom is -0.378 e. The monoisotopic (exact) mass is 424 g/mol. The van der Waals surface area contributed by atoms with Crippen LogP contribution in [0.4, 0.5) is 0 Å². The zero-order chi connectivity index (χ0) is 12.7.